The summed E-state index contributed by atoms with van der Waals surface area (Å²) in [6.45, 7) is 3.84. The zero-order valence-corrected chi connectivity index (χ0v) is 14.4. The third kappa shape index (κ3) is 4.54. The summed E-state index contributed by atoms with van der Waals surface area (Å²) in [5, 5.41) is 0. The fourth-order valence-corrected chi connectivity index (χ4v) is 3.56. The molecule has 132 valence electrons. The normalized spacial score (nSPS) is 22.4. The molecule has 1 aromatic carbocycles. The first kappa shape index (κ1) is 17.4. The van der Waals surface area contributed by atoms with Crippen molar-refractivity contribution in [2.24, 2.45) is 5.92 Å². The molecule has 2 heterocycles. The first-order valence-corrected chi connectivity index (χ1v) is 8.93. The molecule has 4 nitrogen and oxygen atoms in total. The van der Waals surface area contributed by atoms with Gasteiger partial charge in [-0.1, -0.05) is 18.2 Å². The SMILES string of the molecule is CN1CCC[C@H](CCC(=O)N2CC(OCc3ccccc3F)C2)C1. The summed E-state index contributed by atoms with van der Waals surface area (Å²) in [6.07, 6.45) is 4.14. The number of rotatable bonds is 6. The largest absolute Gasteiger partial charge is 0.370 e. The summed E-state index contributed by atoms with van der Waals surface area (Å²) in [5.41, 5.74) is 0.573. The van der Waals surface area contributed by atoms with Crippen LogP contribution in [0.3, 0.4) is 0 Å². The van der Waals surface area contributed by atoms with Crippen molar-refractivity contribution < 1.29 is 13.9 Å². The Morgan fingerprint density at radius 3 is 2.83 bits per heavy atom. The van der Waals surface area contributed by atoms with Gasteiger partial charge in [-0.25, -0.2) is 4.39 Å². The van der Waals surface area contributed by atoms with Crippen molar-refractivity contribution in [1.82, 2.24) is 9.80 Å². The van der Waals surface area contributed by atoms with Gasteiger partial charge in [0.1, 0.15) is 5.82 Å². The van der Waals surface area contributed by atoms with Gasteiger partial charge in [-0.05, 0) is 44.8 Å². The molecule has 1 amide bonds. The van der Waals surface area contributed by atoms with Crippen LogP contribution in [0.2, 0.25) is 0 Å². The molecule has 2 aliphatic heterocycles. The fraction of sp³-hybridized carbons (Fsp3) is 0.632. The molecule has 0 aromatic heterocycles. The van der Waals surface area contributed by atoms with Gasteiger partial charge in [0.2, 0.25) is 5.91 Å². The van der Waals surface area contributed by atoms with Crippen molar-refractivity contribution in [2.45, 2.75) is 38.4 Å². The highest BCUT2D eigenvalue weighted by molar-refractivity contribution is 5.77. The topological polar surface area (TPSA) is 32.8 Å². The zero-order valence-electron chi connectivity index (χ0n) is 14.4. The molecular formula is C19H27FN2O2. The Balaban J connectivity index is 1.32. The van der Waals surface area contributed by atoms with Gasteiger partial charge in [0.25, 0.3) is 0 Å². The Kier molecular flexibility index (Phi) is 5.85. The summed E-state index contributed by atoms with van der Waals surface area (Å²) < 4.78 is 19.2. The van der Waals surface area contributed by atoms with Crippen LogP contribution >= 0.6 is 0 Å². The first-order valence-electron chi connectivity index (χ1n) is 8.93. The van der Waals surface area contributed by atoms with Crippen molar-refractivity contribution in [3.05, 3.63) is 35.6 Å². The second kappa shape index (κ2) is 8.08. The number of likely N-dealkylation sites (tertiary alicyclic amines) is 2. The average Bonchev–Trinajstić information content (AvgIpc) is 2.53. The van der Waals surface area contributed by atoms with Gasteiger partial charge >= 0.3 is 0 Å². The van der Waals surface area contributed by atoms with Crippen molar-refractivity contribution in [3.8, 4) is 0 Å². The molecular weight excluding hydrogens is 307 g/mol. The van der Waals surface area contributed by atoms with E-state index >= 15 is 0 Å². The molecule has 0 bridgehead atoms. The number of benzene rings is 1. The molecule has 3 rings (SSSR count). The first-order chi connectivity index (χ1) is 11.6. The minimum absolute atomic E-state index is 0.0365. The number of halogens is 1. The van der Waals surface area contributed by atoms with Gasteiger partial charge in [-0.2, -0.15) is 0 Å². The van der Waals surface area contributed by atoms with Crippen LogP contribution in [0.15, 0.2) is 24.3 Å². The van der Waals surface area contributed by atoms with Crippen molar-refractivity contribution in [1.29, 1.82) is 0 Å². The quantitative estimate of drug-likeness (QED) is 0.802. The Hall–Kier alpha value is -1.46. The highest BCUT2D eigenvalue weighted by Crippen LogP contribution is 2.22. The molecule has 0 unspecified atom stereocenters. The smallest absolute Gasteiger partial charge is 0.222 e. The number of ether oxygens (including phenoxy) is 1. The van der Waals surface area contributed by atoms with Gasteiger partial charge in [-0.3, -0.25) is 4.79 Å². The Bertz CT molecular complexity index is 560. The van der Waals surface area contributed by atoms with E-state index in [1.807, 2.05) is 4.90 Å². The minimum Gasteiger partial charge on any atom is -0.370 e. The number of carbonyl (C=O) groups excluding carboxylic acids is 1. The predicted octanol–water partition coefficient (Wildman–Crippen LogP) is 2.68. The molecule has 1 aromatic rings. The van der Waals surface area contributed by atoms with Gasteiger partial charge < -0.3 is 14.5 Å². The molecule has 2 saturated heterocycles. The number of hydrogen-bond donors (Lipinski definition) is 0. The predicted molar refractivity (Wildman–Crippen MR) is 91.0 cm³/mol. The van der Waals surface area contributed by atoms with E-state index in [0.29, 0.717) is 31.0 Å². The van der Waals surface area contributed by atoms with E-state index in [9.17, 15) is 9.18 Å². The van der Waals surface area contributed by atoms with Crippen molar-refractivity contribution >= 4 is 5.91 Å². The Labute approximate surface area is 143 Å². The lowest BCUT2D eigenvalue weighted by Gasteiger charge is -2.39. The molecule has 2 fully saturated rings. The molecule has 0 saturated carbocycles. The maximum Gasteiger partial charge on any atom is 0.222 e. The third-order valence-corrected chi connectivity index (χ3v) is 5.12. The van der Waals surface area contributed by atoms with Gasteiger partial charge in [0.15, 0.2) is 0 Å². The van der Waals surface area contributed by atoms with Crippen LogP contribution in [0.5, 0.6) is 0 Å². The zero-order chi connectivity index (χ0) is 16.9. The molecule has 2 aliphatic rings. The van der Waals surface area contributed by atoms with Crippen LogP contribution in [0.1, 0.15) is 31.2 Å². The van der Waals surface area contributed by atoms with E-state index in [1.165, 1.54) is 25.5 Å². The monoisotopic (exact) mass is 334 g/mol. The molecule has 24 heavy (non-hydrogen) atoms. The van der Waals surface area contributed by atoms with E-state index in [1.54, 1.807) is 18.2 Å². The summed E-state index contributed by atoms with van der Waals surface area (Å²) in [4.78, 5) is 16.4. The Morgan fingerprint density at radius 1 is 1.29 bits per heavy atom. The van der Waals surface area contributed by atoms with Crippen LogP contribution in [-0.4, -0.2) is 55.0 Å². The van der Waals surface area contributed by atoms with Crippen molar-refractivity contribution in [3.63, 3.8) is 0 Å². The van der Waals surface area contributed by atoms with Crippen molar-refractivity contribution in [2.75, 3.05) is 33.2 Å². The maximum atomic E-state index is 13.5. The van der Waals surface area contributed by atoms with Crippen LogP contribution in [-0.2, 0) is 16.1 Å². The van der Waals surface area contributed by atoms with Crippen LogP contribution in [0.25, 0.3) is 0 Å². The van der Waals surface area contributed by atoms with Gasteiger partial charge in [-0.15, -0.1) is 0 Å². The Morgan fingerprint density at radius 2 is 2.08 bits per heavy atom. The highest BCUT2D eigenvalue weighted by Gasteiger charge is 2.31. The lowest BCUT2D eigenvalue weighted by atomic mass is 9.93. The second-order valence-corrected chi connectivity index (χ2v) is 7.13. The third-order valence-electron chi connectivity index (χ3n) is 5.12. The molecule has 0 N–H and O–H groups in total. The summed E-state index contributed by atoms with van der Waals surface area (Å²) in [5.74, 6) is 0.651. The fourth-order valence-electron chi connectivity index (χ4n) is 3.56. The average molecular weight is 334 g/mol. The number of hydrogen-bond acceptors (Lipinski definition) is 3. The van der Waals surface area contributed by atoms with E-state index in [4.69, 9.17) is 4.74 Å². The standard InChI is InChI=1S/C19H27FN2O2/c1-21-10-4-5-15(11-21)8-9-19(23)22-12-17(13-22)24-14-16-6-2-3-7-18(16)20/h2-3,6-7,15,17H,4-5,8-14H2,1H3/t15-/m1/s1. The maximum absolute atomic E-state index is 13.5. The number of nitrogens with zero attached hydrogens (tertiary/aromatic N) is 2. The van der Waals surface area contributed by atoms with E-state index in [2.05, 4.69) is 11.9 Å². The van der Waals surface area contributed by atoms with Crippen LogP contribution in [0, 0.1) is 11.7 Å². The molecule has 5 heteroatoms. The summed E-state index contributed by atoms with van der Waals surface area (Å²) in [6, 6.07) is 6.66. The lowest BCUT2D eigenvalue weighted by Crippen LogP contribution is -2.54. The number of carbonyl (C=O) groups is 1. The van der Waals surface area contributed by atoms with Crippen LogP contribution in [0.4, 0.5) is 4.39 Å². The van der Waals surface area contributed by atoms with Crippen LogP contribution < -0.4 is 0 Å². The number of amides is 1. The molecule has 0 aliphatic carbocycles. The van der Waals surface area contributed by atoms with E-state index in [-0.39, 0.29) is 24.4 Å². The van der Waals surface area contributed by atoms with E-state index in [0.717, 1.165) is 13.0 Å². The molecule has 1 atom stereocenters. The van der Waals surface area contributed by atoms with Gasteiger partial charge in [0, 0.05) is 31.6 Å². The molecule has 0 spiro atoms. The second-order valence-electron chi connectivity index (χ2n) is 7.13. The molecule has 0 radical (unpaired) electrons. The summed E-state index contributed by atoms with van der Waals surface area (Å²) >= 11 is 0. The number of piperidine rings is 1. The lowest BCUT2D eigenvalue weighted by molar-refractivity contribution is -0.146. The minimum atomic E-state index is -0.234. The van der Waals surface area contributed by atoms with Gasteiger partial charge in [0.05, 0.1) is 12.7 Å². The summed E-state index contributed by atoms with van der Waals surface area (Å²) in [7, 11) is 2.15. The highest BCUT2D eigenvalue weighted by atomic mass is 19.1. The van der Waals surface area contributed by atoms with E-state index < -0.39 is 0 Å².